The van der Waals surface area contributed by atoms with Gasteiger partial charge in [0.1, 0.15) is 18.3 Å². The van der Waals surface area contributed by atoms with Gasteiger partial charge in [-0.15, -0.1) is 0 Å². The predicted molar refractivity (Wildman–Crippen MR) is 194 cm³/mol. The minimum atomic E-state index is -0.660. The Morgan fingerprint density at radius 1 is 1.00 bits per heavy atom. The number of benzene rings is 1. The molecule has 6 heteroatoms. The van der Waals surface area contributed by atoms with Crippen molar-refractivity contribution in [2.24, 2.45) is 46.3 Å². The number of rotatable bonds is 11. The lowest BCUT2D eigenvalue weighted by Crippen LogP contribution is -2.51. The molecular formula is C42H61NO5. The third-order valence-electron chi connectivity index (χ3n) is 13.8. The number of fused-ring (bicyclic) bond motifs is 6. The van der Waals surface area contributed by atoms with Gasteiger partial charge in [-0.1, -0.05) is 65.5 Å². The quantitative estimate of drug-likeness (QED) is 0.136. The Labute approximate surface area is 289 Å². The van der Waals surface area contributed by atoms with Gasteiger partial charge in [0, 0.05) is 48.3 Å². The van der Waals surface area contributed by atoms with Crippen LogP contribution in [-0.2, 0) is 16.1 Å². The van der Waals surface area contributed by atoms with Crippen LogP contribution in [0.25, 0.3) is 11.0 Å². The summed E-state index contributed by atoms with van der Waals surface area (Å²) in [7, 11) is 0. The first-order chi connectivity index (χ1) is 23.0. The number of allylic oxidation sites excluding steroid dienone is 1. The van der Waals surface area contributed by atoms with E-state index in [1.54, 1.807) is 0 Å². The predicted octanol–water partition coefficient (Wildman–Crippen LogP) is 10.7. The van der Waals surface area contributed by atoms with E-state index in [4.69, 9.17) is 13.9 Å². The van der Waals surface area contributed by atoms with E-state index in [2.05, 4.69) is 59.4 Å². The van der Waals surface area contributed by atoms with Gasteiger partial charge in [-0.25, -0.2) is 9.59 Å². The Bertz CT molecular complexity index is 1540. The van der Waals surface area contributed by atoms with Crippen LogP contribution in [0.2, 0.25) is 0 Å². The molecule has 8 atom stereocenters. The molecule has 0 radical (unpaired) electrons. The van der Waals surface area contributed by atoms with Crippen molar-refractivity contribution >= 4 is 22.8 Å². The van der Waals surface area contributed by atoms with Crippen LogP contribution in [0.5, 0.6) is 0 Å². The van der Waals surface area contributed by atoms with E-state index in [1.165, 1.54) is 63.0 Å². The third-order valence-corrected chi connectivity index (χ3v) is 13.8. The highest BCUT2D eigenvalue weighted by atomic mass is 16.7. The largest absolute Gasteiger partial charge is 0.508 e. The summed E-state index contributed by atoms with van der Waals surface area (Å²) in [5, 5.41) is 0.770. The monoisotopic (exact) mass is 659 g/mol. The van der Waals surface area contributed by atoms with Gasteiger partial charge in [-0.05, 0) is 117 Å². The summed E-state index contributed by atoms with van der Waals surface area (Å²) in [5.74, 6) is 4.87. The Morgan fingerprint density at radius 3 is 2.54 bits per heavy atom. The molecule has 1 unspecified atom stereocenters. The van der Waals surface area contributed by atoms with E-state index in [0.29, 0.717) is 16.6 Å². The highest BCUT2D eigenvalue weighted by Crippen LogP contribution is 2.67. The molecule has 0 N–H and O–H groups in total. The van der Waals surface area contributed by atoms with Crippen LogP contribution in [-0.4, -0.2) is 25.3 Å². The number of carbonyl (C=O) groups is 1. The third kappa shape index (κ3) is 6.71. The fourth-order valence-electron chi connectivity index (χ4n) is 11.2. The molecule has 3 fully saturated rings. The fraction of sp³-hybridized carbons (Fsp3) is 0.714. The topological polar surface area (TPSA) is 69.0 Å². The van der Waals surface area contributed by atoms with Crippen molar-refractivity contribution in [3.63, 3.8) is 0 Å². The van der Waals surface area contributed by atoms with Gasteiger partial charge < -0.3 is 18.8 Å². The standard InChI is InChI=1S/C42H61NO5/c1-8-43(9-2)31-14-16-33-29(23-39(44)48-38(33)25-31)26-46-40(45)47-32-19-21-41(6)30(24-32)13-15-34-36-18-17-35(28(5)12-10-11-27(3)4)42(36,7)22-20-37(34)41/h13-14,16,23,25,27-28,32,34-37H,8-12,15,17-22,24,26H2,1-7H3/t28-,32?,34+,35-,36+,37+,41+,42-/m1/s1. The van der Waals surface area contributed by atoms with Crippen LogP contribution in [0, 0.1) is 46.3 Å². The van der Waals surface area contributed by atoms with Crippen LogP contribution >= 0.6 is 0 Å². The second-order valence-electron chi connectivity index (χ2n) is 16.8. The molecule has 4 aliphatic carbocycles. The highest BCUT2D eigenvalue weighted by molar-refractivity contribution is 5.83. The molecule has 1 aromatic heterocycles. The van der Waals surface area contributed by atoms with Gasteiger partial charge in [0.2, 0.25) is 0 Å². The number of anilines is 1. The Morgan fingerprint density at radius 2 is 1.79 bits per heavy atom. The lowest BCUT2D eigenvalue weighted by atomic mass is 9.47. The molecule has 0 aliphatic heterocycles. The van der Waals surface area contributed by atoms with Gasteiger partial charge in [0.25, 0.3) is 0 Å². The molecule has 0 spiro atoms. The number of hydrogen-bond donors (Lipinski definition) is 0. The van der Waals surface area contributed by atoms with Gasteiger partial charge in [0.05, 0.1) is 0 Å². The average Bonchev–Trinajstić information content (AvgIpc) is 3.41. The summed E-state index contributed by atoms with van der Waals surface area (Å²) >= 11 is 0. The van der Waals surface area contributed by atoms with Crippen molar-refractivity contribution in [1.29, 1.82) is 0 Å². The number of hydrogen-bond acceptors (Lipinski definition) is 6. The average molecular weight is 660 g/mol. The van der Waals surface area contributed by atoms with E-state index < -0.39 is 11.8 Å². The maximum absolute atomic E-state index is 13.0. The molecule has 0 bridgehead atoms. The summed E-state index contributed by atoms with van der Waals surface area (Å²) < 4.78 is 17.1. The zero-order valence-electron chi connectivity index (χ0n) is 30.8. The summed E-state index contributed by atoms with van der Waals surface area (Å²) in [5.41, 5.74) is 3.87. The summed E-state index contributed by atoms with van der Waals surface area (Å²) in [6.07, 6.45) is 15.3. The normalized spacial score (nSPS) is 31.8. The lowest BCUT2D eigenvalue weighted by molar-refractivity contribution is -0.0620. The lowest BCUT2D eigenvalue weighted by Gasteiger charge is -2.58. The highest BCUT2D eigenvalue weighted by Gasteiger charge is 2.59. The van der Waals surface area contributed by atoms with Crippen molar-refractivity contribution < 1.29 is 18.7 Å². The number of ether oxygens (including phenoxy) is 2. The minimum Gasteiger partial charge on any atom is -0.431 e. The van der Waals surface area contributed by atoms with Crippen molar-refractivity contribution in [3.8, 4) is 0 Å². The molecule has 6 rings (SSSR count). The zero-order valence-corrected chi connectivity index (χ0v) is 30.8. The molecule has 1 heterocycles. The first-order valence-corrected chi connectivity index (χ1v) is 19.3. The summed E-state index contributed by atoms with van der Waals surface area (Å²) in [6, 6.07) is 7.26. The first kappa shape index (κ1) is 35.1. The SMILES string of the molecule is CCN(CC)c1ccc2c(COC(=O)OC3CC[C@@]4(C)C(=CC[C@H]5[C@@H]6CC[C@H]([C@H](C)CCCC(C)C)[C@@]6(C)CC[C@@H]54)C3)cc(=O)oc2c1. The smallest absolute Gasteiger partial charge is 0.431 e. The molecular weight excluding hydrogens is 598 g/mol. The van der Waals surface area contributed by atoms with Crippen molar-refractivity contribution in [2.45, 2.75) is 132 Å². The van der Waals surface area contributed by atoms with Crippen LogP contribution in [0.4, 0.5) is 10.5 Å². The van der Waals surface area contributed by atoms with Gasteiger partial charge in [-0.3, -0.25) is 0 Å². The number of carbonyl (C=O) groups excluding carboxylic acids is 1. The van der Waals surface area contributed by atoms with Crippen molar-refractivity contribution in [3.05, 3.63) is 51.9 Å². The van der Waals surface area contributed by atoms with E-state index in [0.717, 1.165) is 78.9 Å². The number of nitrogens with zero attached hydrogens (tertiary/aromatic N) is 1. The van der Waals surface area contributed by atoms with Gasteiger partial charge in [-0.2, -0.15) is 0 Å². The summed E-state index contributed by atoms with van der Waals surface area (Å²) in [4.78, 5) is 27.5. The van der Waals surface area contributed by atoms with E-state index in [1.807, 2.05) is 18.2 Å². The van der Waals surface area contributed by atoms with Gasteiger partial charge >= 0.3 is 11.8 Å². The molecule has 0 saturated heterocycles. The second-order valence-corrected chi connectivity index (χ2v) is 16.8. The van der Waals surface area contributed by atoms with Crippen LogP contribution < -0.4 is 10.5 Å². The Balaban J connectivity index is 1.07. The van der Waals surface area contributed by atoms with E-state index in [-0.39, 0.29) is 18.1 Å². The first-order valence-electron chi connectivity index (χ1n) is 19.3. The molecule has 264 valence electrons. The molecule has 6 nitrogen and oxygen atoms in total. The second kappa shape index (κ2) is 14.2. The van der Waals surface area contributed by atoms with Crippen LogP contribution in [0.1, 0.15) is 125 Å². The molecule has 0 amide bonds. The maximum atomic E-state index is 13.0. The fourth-order valence-corrected chi connectivity index (χ4v) is 11.2. The molecule has 3 saturated carbocycles. The minimum absolute atomic E-state index is 0.0278. The van der Waals surface area contributed by atoms with Crippen LogP contribution in [0.3, 0.4) is 0 Å². The van der Waals surface area contributed by atoms with E-state index >= 15 is 0 Å². The molecule has 1 aromatic carbocycles. The molecule has 48 heavy (non-hydrogen) atoms. The Kier molecular flexibility index (Phi) is 10.4. The van der Waals surface area contributed by atoms with Gasteiger partial charge in [0.15, 0.2) is 0 Å². The Hall–Kier alpha value is -2.76. The van der Waals surface area contributed by atoms with Crippen molar-refractivity contribution in [1.82, 2.24) is 0 Å². The molecule has 4 aliphatic rings. The zero-order chi connectivity index (χ0) is 34.2. The molecule has 2 aromatic rings. The maximum Gasteiger partial charge on any atom is 0.508 e. The summed E-state index contributed by atoms with van der Waals surface area (Å²) in [6.45, 7) is 18.3. The van der Waals surface area contributed by atoms with Crippen LogP contribution in [0.15, 0.2) is 45.1 Å². The van der Waals surface area contributed by atoms with E-state index in [9.17, 15) is 9.59 Å². The van der Waals surface area contributed by atoms with Crippen molar-refractivity contribution in [2.75, 3.05) is 18.0 Å².